The van der Waals surface area contributed by atoms with E-state index in [2.05, 4.69) is 10.4 Å². The first-order valence-electron chi connectivity index (χ1n) is 9.24. The van der Waals surface area contributed by atoms with Crippen molar-refractivity contribution in [3.05, 3.63) is 60.2 Å². The smallest absolute Gasteiger partial charge is 0.268 e. The molecule has 0 aromatic heterocycles. The molecule has 2 aromatic rings. The summed E-state index contributed by atoms with van der Waals surface area (Å²) in [6, 6.07) is 15.9. The van der Waals surface area contributed by atoms with Gasteiger partial charge in [0.1, 0.15) is 17.5 Å². The molecule has 2 atom stereocenters. The lowest BCUT2D eigenvalue weighted by atomic mass is 10.1. The molecule has 146 valence electrons. The van der Waals surface area contributed by atoms with Crippen molar-refractivity contribution in [3.8, 4) is 5.75 Å². The van der Waals surface area contributed by atoms with E-state index in [-0.39, 0.29) is 24.1 Å². The molecule has 1 heterocycles. The number of anilines is 1. The van der Waals surface area contributed by atoms with Crippen LogP contribution in [0.4, 0.5) is 5.69 Å². The molecule has 2 aromatic carbocycles. The molecule has 3 rings (SSSR count). The molecular weight excluding hydrogens is 356 g/mol. The Balaban J connectivity index is 1.74. The van der Waals surface area contributed by atoms with E-state index < -0.39 is 11.9 Å². The molecule has 2 amide bonds. The number of rotatable bonds is 7. The lowest BCUT2D eigenvalue weighted by Crippen LogP contribution is -2.40. The Morgan fingerprint density at radius 3 is 2.68 bits per heavy atom. The van der Waals surface area contributed by atoms with Crippen molar-refractivity contribution in [2.75, 3.05) is 11.6 Å². The second kappa shape index (κ2) is 8.56. The number of hydrazone groups is 1. The average Bonchev–Trinajstić information content (AvgIpc) is 3.15. The minimum atomic E-state index is -0.681. The highest BCUT2D eigenvalue weighted by atomic mass is 16.5. The van der Waals surface area contributed by atoms with Crippen molar-refractivity contribution in [1.29, 1.82) is 0 Å². The van der Waals surface area contributed by atoms with E-state index >= 15 is 0 Å². The van der Waals surface area contributed by atoms with Crippen molar-refractivity contribution in [2.24, 2.45) is 10.8 Å². The minimum absolute atomic E-state index is 0.168. The predicted octanol–water partition coefficient (Wildman–Crippen LogP) is 2.38. The third kappa shape index (κ3) is 4.31. The molecule has 1 aliphatic heterocycles. The van der Waals surface area contributed by atoms with Crippen LogP contribution in [0, 0.1) is 0 Å². The quantitative estimate of drug-likeness (QED) is 0.771. The maximum atomic E-state index is 12.7. The second-order valence-electron chi connectivity index (χ2n) is 6.55. The Morgan fingerprint density at radius 2 is 2.00 bits per heavy atom. The highest BCUT2D eigenvalue weighted by Gasteiger charge is 2.35. The van der Waals surface area contributed by atoms with Crippen LogP contribution >= 0.6 is 0 Å². The fourth-order valence-electron chi connectivity index (χ4n) is 3.09. The average molecular weight is 380 g/mol. The van der Waals surface area contributed by atoms with Gasteiger partial charge in [-0.15, -0.1) is 0 Å². The van der Waals surface area contributed by atoms with E-state index in [1.807, 2.05) is 68.4 Å². The third-order valence-corrected chi connectivity index (χ3v) is 4.54. The van der Waals surface area contributed by atoms with Crippen LogP contribution < -0.4 is 20.8 Å². The number of hydrogen-bond donors (Lipinski definition) is 2. The maximum Gasteiger partial charge on any atom is 0.268 e. The summed E-state index contributed by atoms with van der Waals surface area (Å²) in [4.78, 5) is 24.6. The Labute approximate surface area is 164 Å². The molecule has 0 saturated heterocycles. The molecule has 0 fully saturated rings. The van der Waals surface area contributed by atoms with Crippen molar-refractivity contribution in [2.45, 2.75) is 32.4 Å². The second-order valence-corrected chi connectivity index (χ2v) is 6.55. The summed E-state index contributed by atoms with van der Waals surface area (Å²) < 4.78 is 5.51. The first-order chi connectivity index (χ1) is 13.5. The first-order valence-corrected chi connectivity index (χ1v) is 9.24. The van der Waals surface area contributed by atoms with Gasteiger partial charge in [0.2, 0.25) is 5.91 Å². The van der Waals surface area contributed by atoms with Crippen LogP contribution in [0.15, 0.2) is 59.7 Å². The van der Waals surface area contributed by atoms with Gasteiger partial charge in [0.25, 0.3) is 5.91 Å². The van der Waals surface area contributed by atoms with E-state index in [1.165, 1.54) is 5.01 Å². The number of nitrogens with one attached hydrogen (secondary N) is 1. The lowest BCUT2D eigenvalue weighted by molar-refractivity contribution is -0.119. The van der Waals surface area contributed by atoms with Gasteiger partial charge in [0.15, 0.2) is 0 Å². The molecule has 0 radical (unpaired) electrons. The van der Waals surface area contributed by atoms with Crippen molar-refractivity contribution in [3.63, 3.8) is 0 Å². The van der Waals surface area contributed by atoms with Gasteiger partial charge in [-0.2, -0.15) is 5.10 Å². The van der Waals surface area contributed by atoms with Gasteiger partial charge in [0.05, 0.1) is 18.3 Å². The topological polar surface area (TPSA) is 97.0 Å². The van der Waals surface area contributed by atoms with Crippen LogP contribution in [0.2, 0.25) is 0 Å². The van der Waals surface area contributed by atoms with E-state index in [0.717, 1.165) is 11.3 Å². The number of carbonyl (C=O) groups is 2. The number of carbonyl (C=O) groups excluding carboxylic acids is 2. The van der Waals surface area contributed by atoms with Crippen molar-refractivity contribution >= 4 is 23.2 Å². The maximum absolute atomic E-state index is 12.7. The van der Waals surface area contributed by atoms with Gasteiger partial charge in [-0.25, -0.2) is 0 Å². The van der Waals surface area contributed by atoms with E-state index in [4.69, 9.17) is 10.5 Å². The third-order valence-electron chi connectivity index (χ3n) is 4.54. The molecule has 2 unspecified atom stereocenters. The fraction of sp³-hybridized carbons (Fsp3) is 0.286. The first kappa shape index (κ1) is 19.4. The summed E-state index contributed by atoms with van der Waals surface area (Å²) in [6.07, 6.45) is 0.168. The summed E-state index contributed by atoms with van der Waals surface area (Å²) >= 11 is 0. The number of primary amides is 1. The van der Waals surface area contributed by atoms with Gasteiger partial charge in [-0.1, -0.05) is 30.3 Å². The molecule has 1 aliphatic rings. The van der Waals surface area contributed by atoms with Crippen molar-refractivity contribution in [1.82, 2.24) is 5.32 Å². The van der Waals surface area contributed by atoms with Crippen molar-refractivity contribution < 1.29 is 14.3 Å². The van der Waals surface area contributed by atoms with Crippen LogP contribution in [0.25, 0.3) is 0 Å². The number of amides is 2. The van der Waals surface area contributed by atoms with Crippen LogP contribution in [0.5, 0.6) is 5.75 Å². The number of hydrogen-bond acceptors (Lipinski definition) is 5. The molecule has 28 heavy (non-hydrogen) atoms. The summed E-state index contributed by atoms with van der Waals surface area (Å²) in [6.45, 7) is 4.38. The molecule has 0 aliphatic carbocycles. The van der Waals surface area contributed by atoms with Gasteiger partial charge in [-0.05, 0) is 43.7 Å². The Kier molecular flexibility index (Phi) is 5.93. The molecule has 7 heteroatoms. The number of nitrogens with two attached hydrogens (primary N) is 1. The Bertz CT molecular complexity index is 882. The summed E-state index contributed by atoms with van der Waals surface area (Å²) in [5.41, 5.74) is 7.44. The molecule has 3 N–H and O–H groups in total. The number of ether oxygens (including phenoxy) is 1. The van der Waals surface area contributed by atoms with Crippen LogP contribution in [-0.2, 0) is 9.59 Å². The fourth-order valence-corrected chi connectivity index (χ4v) is 3.09. The molecule has 0 bridgehead atoms. The van der Waals surface area contributed by atoms with Crippen LogP contribution in [0.3, 0.4) is 0 Å². The minimum Gasteiger partial charge on any atom is -0.494 e. The van der Waals surface area contributed by atoms with Crippen LogP contribution in [0.1, 0.15) is 31.9 Å². The van der Waals surface area contributed by atoms with Gasteiger partial charge in [-0.3, -0.25) is 14.6 Å². The van der Waals surface area contributed by atoms with Gasteiger partial charge < -0.3 is 15.8 Å². The number of nitrogens with zero attached hydrogens (tertiary/aromatic N) is 2. The summed E-state index contributed by atoms with van der Waals surface area (Å²) in [5, 5.41) is 8.81. The highest BCUT2D eigenvalue weighted by molar-refractivity contribution is 6.40. The molecule has 0 saturated carbocycles. The lowest BCUT2D eigenvalue weighted by Gasteiger charge is -2.20. The standard InChI is InChI=1S/C21H24N4O3/c1-3-28-17-11-7-8-15(12-17)14(2)23-21(27)18-13-19(20(22)26)25(24-18)16-9-5-4-6-10-16/h4-12,14,19H,3,13H2,1-2H3,(H2,22,26)(H,23,27). The highest BCUT2D eigenvalue weighted by Crippen LogP contribution is 2.25. The Hall–Kier alpha value is -3.35. The summed E-state index contributed by atoms with van der Waals surface area (Å²) in [5.74, 6) is -0.0878. The van der Waals surface area contributed by atoms with E-state index in [9.17, 15) is 9.59 Å². The van der Waals surface area contributed by atoms with Crippen LogP contribution in [-0.4, -0.2) is 30.2 Å². The molecular formula is C21H24N4O3. The molecule has 0 spiro atoms. The largest absolute Gasteiger partial charge is 0.494 e. The monoisotopic (exact) mass is 380 g/mol. The zero-order valence-electron chi connectivity index (χ0n) is 16.0. The van der Waals surface area contributed by atoms with E-state index in [1.54, 1.807) is 0 Å². The predicted molar refractivity (Wildman–Crippen MR) is 108 cm³/mol. The normalized spacial score (nSPS) is 17.0. The summed E-state index contributed by atoms with van der Waals surface area (Å²) in [7, 11) is 0. The number of para-hydroxylation sites is 1. The zero-order chi connectivity index (χ0) is 20.1. The Morgan fingerprint density at radius 1 is 1.25 bits per heavy atom. The molecule has 7 nitrogen and oxygen atoms in total. The zero-order valence-corrected chi connectivity index (χ0v) is 16.0. The van der Waals surface area contributed by atoms with Gasteiger partial charge in [0, 0.05) is 6.42 Å². The number of benzene rings is 2. The van der Waals surface area contributed by atoms with E-state index in [0.29, 0.717) is 12.3 Å². The SMILES string of the molecule is CCOc1cccc(C(C)NC(=O)C2=NN(c3ccccc3)C(C(N)=O)C2)c1. The van der Waals surface area contributed by atoms with Gasteiger partial charge >= 0.3 is 0 Å².